The summed E-state index contributed by atoms with van der Waals surface area (Å²) in [5.74, 6) is -0.381. The molecule has 0 aliphatic rings. The molecule has 0 saturated carbocycles. The van der Waals surface area contributed by atoms with Crippen LogP contribution in [0.4, 0.5) is 4.39 Å². The number of aromatic amines is 1. The number of benzene rings is 1. The maximum atomic E-state index is 13.4. The topological polar surface area (TPSA) is 95.3 Å². The summed E-state index contributed by atoms with van der Waals surface area (Å²) < 4.78 is 13.4. The Balaban J connectivity index is 2.10. The molecule has 1 N–H and O–H groups in total. The summed E-state index contributed by atoms with van der Waals surface area (Å²) >= 11 is 6.10. The van der Waals surface area contributed by atoms with E-state index in [4.69, 9.17) is 16.9 Å². The van der Waals surface area contributed by atoms with Gasteiger partial charge in [0.25, 0.3) is 0 Å². The quantitative estimate of drug-likeness (QED) is 0.521. The first-order chi connectivity index (χ1) is 13.5. The summed E-state index contributed by atoms with van der Waals surface area (Å²) in [5.41, 5.74) is 2.37. The van der Waals surface area contributed by atoms with Crippen molar-refractivity contribution in [2.45, 2.75) is 6.92 Å². The molecule has 0 aliphatic heterocycles. The predicted octanol–water partition coefficient (Wildman–Crippen LogP) is 4.02. The number of aromatic nitrogens is 4. The maximum absolute atomic E-state index is 13.4. The Morgan fingerprint density at radius 2 is 1.79 bits per heavy atom. The van der Waals surface area contributed by atoms with Gasteiger partial charge in [0, 0.05) is 23.0 Å². The van der Waals surface area contributed by atoms with Gasteiger partial charge in [0.2, 0.25) is 5.43 Å². The van der Waals surface area contributed by atoms with Gasteiger partial charge >= 0.3 is 0 Å². The molecule has 6 nitrogen and oxygen atoms in total. The molecule has 0 aliphatic carbocycles. The summed E-state index contributed by atoms with van der Waals surface area (Å²) in [4.78, 5) is 28.5. The predicted molar refractivity (Wildman–Crippen MR) is 103 cm³/mol. The highest BCUT2D eigenvalue weighted by Gasteiger charge is 2.17. The van der Waals surface area contributed by atoms with Crippen LogP contribution in [0.1, 0.15) is 11.3 Å². The van der Waals surface area contributed by atoms with Gasteiger partial charge in [-0.25, -0.2) is 19.3 Å². The van der Waals surface area contributed by atoms with E-state index >= 15 is 0 Å². The number of nitrogens with one attached hydrogen (secondary N) is 1. The van der Waals surface area contributed by atoms with E-state index < -0.39 is 5.43 Å². The zero-order valence-electron chi connectivity index (χ0n) is 14.5. The molecule has 0 radical (unpaired) electrons. The van der Waals surface area contributed by atoms with Crippen molar-refractivity contribution in [3.05, 3.63) is 75.0 Å². The lowest BCUT2D eigenvalue weighted by molar-refractivity contribution is 0.628. The number of H-pyrrole nitrogens is 1. The minimum absolute atomic E-state index is 0.0329. The molecule has 0 unspecified atom stereocenters. The first-order valence-electron chi connectivity index (χ1n) is 8.20. The van der Waals surface area contributed by atoms with E-state index in [1.165, 1.54) is 18.3 Å². The van der Waals surface area contributed by atoms with Crippen LogP contribution in [0.5, 0.6) is 0 Å². The minimum Gasteiger partial charge on any atom is -0.343 e. The molecule has 4 aromatic rings. The summed E-state index contributed by atoms with van der Waals surface area (Å²) in [6.07, 6.45) is 1.29. The zero-order valence-corrected chi connectivity index (χ0v) is 15.3. The summed E-state index contributed by atoms with van der Waals surface area (Å²) in [6, 6.07) is 11.0. The molecule has 8 heteroatoms. The maximum Gasteiger partial charge on any atom is 0.227 e. The summed E-state index contributed by atoms with van der Waals surface area (Å²) in [5, 5.41) is 9.38. The van der Waals surface area contributed by atoms with Crippen LogP contribution in [0.15, 0.2) is 47.4 Å². The van der Waals surface area contributed by atoms with Gasteiger partial charge in [-0.2, -0.15) is 5.26 Å². The van der Waals surface area contributed by atoms with Gasteiger partial charge in [-0.1, -0.05) is 11.6 Å². The Morgan fingerprint density at radius 1 is 1.07 bits per heavy atom. The lowest BCUT2D eigenvalue weighted by atomic mass is 10.0. The minimum atomic E-state index is -0.521. The zero-order chi connectivity index (χ0) is 19.8. The average molecular weight is 392 g/mol. The number of hydrogen-bond acceptors (Lipinski definition) is 5. The van der Waals surface area contributed by atoms with Crippen LogP contribution in [0, 0.1) is 24.1 Å². The SMILES string of the molecule is Cc1cc(-c2nc3c(=O)c(C#N)c[nH]c3nc2-c2ccc(F)cc2)cc(Cl)n1. The average Bonchev–Trinajstić information content (AvgIpc) is 2.67. The summed E-state index contributed by atoms with van der Waals surface area (Å²) in [6.45, 7) is 1.78. The Labute approximate surface area is 163 Å². The van der Waals surface area contributed by atoms with E-state index in [9.17, 15) is 9.18 Å². The van der Waals surface area contributed by atoms with Crippen LogP contribution in [0.25, 0.3) is 33.7 Å². The van der Waals surface area contributed by atoms with Crippen molar-refractivity contribution < 1.29 is 4.39 Å². The summed E-state index contributed by atoms with van der Waals surface area (Å²) in [7, 11) is 0. The standard InChI is InChI=1S/C20H11ClFN5O/c1-10-6-12(7-15(21)25-10)17-16(11-2-4-14(22)5-3-11)27-20-18(26-17)19(28)13(8-23)9-24-20/h2-7,9H,1H3,(H,24,27,28). The first-order valence-corrected chi connectivity index (χ1v) is 8.58. The molecule has 4 rings (SSSR count). The molecular formula is C20H11ClFN5O. The number of rotatable bonds is 2. The molecule has 28 heavy (non-hydrogen) atoms. The fourth-order valence-electron chi connectivity index (χ4n) is 2.89. The van der Waals surface area contributed by atoms with E-state index in [0.717, 1.165) is 0 Å². The van der Waals surface area contributed by atoms with Crippen LogP contribution in [-0.2, 0) is 0 Å². The first kappa shape index (κ1) is 17.8. The number of nitriles is 1. The van der Waals surface area contributed by atoms with E-state index in [2.05, 4.69) is 19.9 Å². The lowest BCUT2D eigenvalue weighted by Gasteiger charge is -2.11. The molecule has 0 atom stereocenters. The van der Waals surface area contributed by atoms with Crippen molar-refractivity contribution in [1.82, 2.24) is 19.9 Å². The Morgan fingerprint density at radius 3 is 2.46 bits per heavy atom. The third-order valence-electron chi connectivity index (χ3n) is 4.14. The van der Waals surface area contributed by atoms with E-state index in [1.54, 1.807) is 31.2 Å². The Bertz CT molecular complexity index is 1310. The van der Waals surface area contributed by atoms with Crippen LogP contribution in [0.2, 0.25) is 5.15 Å². The van der Waals surface area contributed by atoms with Gasteiger partial charge in [0.15, 0.2) is 11.2 Å². The van der Waals surface area contributed by atoms with Crippen LogP contribution in [-0.4, -0.2) is 19.9 Å². The Kier molecular flexibility index (Phi) is 4.34. The van der Waals surface area contributed by atoms with E-state index in [1.807, 2.05) is 6.07 Å². The van der Waals surface area contributed by atoms with Crippen molar-refractivity contribution in [3.63, 3.8) is 0 Å². The molecule has 3 heterocycles. The molecule has 136 valence electrons. The molecule has 0 spiro atoms. The van der Waals surface area contributed by atoms with Gasteiger partial charge in [-0.05, 0) is 43.3 Å². The van der Waals surface area contributed by atoms with Gasteiger partial charge in [-0.15, -0.1) is 0 Å². The number of nitrogens with zero attached hydrogens (tertiary/aromatic N) is 4. The molecule has 1 aromatic carbocycles. The third kappa shape index (κ3) is 3.10. The monoisotopic (exact) mass is 391 g/mol. The van der Waals surface area contributed by atoms with E-state index in [0.29, 0.717) is 28.2 Å². The molecule has 0 bridgehead atoms. The van der Waals surface area contributed by atoms with Crippen molar-refractivity contribution in [2.75, 3.05) is 0 Å². The second kappa shape index (κ2) is 6.83. The number of halogens is 2. The molecule has 0 saturated heterocycles. The largest absolute Gasteiger partial charge is 0.343 e. The van der Waals surface area contributed by atoms with Crippen molar-refractivity contribution in [2.24, 2.45) is 0 Å². The second-order valence-electron chi connectivity index (χ2n) is 6.09. The number of pyridine rings is 2. The molecule has 3 aromatic heterocycles. The van der Waals surface area contributed by atoms with Crippen molar-refractivity contribution in [3.8, 4) is 28.6 Å². The molecular weight excluding hydrogens is 381 g/mol. The number of hydrogen-bond donors (Lipinski definition) is 1. The molecule has 0 amide bonds. The fraction of sp³-hybridized carbons (Fsp3) is 0.0500. The lowest BCUT2D eigenvalue weighted by Crippen LogP contribution is -2.11. The smallest absolute Gasteiger partial charge is 0.227 e. The van der Waals surface area contributed by atoms with Crippen LogP contribution >= 0.6 is 11.6 Å². The Hall–Kier alpha value is -3.63. The fourth-order valence-corrected chi connectivity index (χ4v) is 3.14. The van der Waals surface area contributed by atoms with Gasteiger partial charge < -0.3 is 4.98 Å². The van der Waals surface area contributed by atoms with Crippen LogP contribution in [0.3, 0.4) is 0 Å². The third-order valence-corrected chi connectivity index (χ3v) is 4.34. The van der Waals surface area contributed by atoms with E-state index in [-0.39, 0.29) is 27.7 Å². The van der Waals surface area contributed by atoms with Gasteiger partial charge in [0.1, 0.15) is 22.6 Å². The number of fused-ring (bicyclic) bond motifs is 1. The molecule has 0 fully saturated rings. The van der Waals surface area contributed by atoms with Crippen LogP contribution < -0.4 is 5.43 Å². The highest BCUT2D eigenvalue weighted by Crippen LogP contribution is 2.31. The van der Waals surface area contributed by atoms with Crippen molar-refractivity contribution >= 4 is 22.8 Å². The number of aryl methyl sites for hydroxylation is 1. The second-order valence-corrected chi connectivity index (χ2v) is 6.48. The van der Waals surface area contributed by atoms with Gasteiger partial charge in [-0.3, -0.25) is 4.79 Å². The highest BCUT2D eigenvalue weighted by atomic mass is 35.5. The highest BCUT2D eigenvalue weighted by molar-refractivity contribution is 6.29. The van der Waals surface area contributed by atoms with Crippen molar-refractivity contribution in [1.29, 1.82) is 5.26 Å². The normalized spacial score (nSPS) is 10.8. The van der Waals surface area contributed by atoms with Gasteiger partial charge in [0.05, 0.1) is 11.4 Å².